The first-order valence-electron chi connectivity index (χ1n) is 6.12. The first-order chi connectivity index (χ1) is 8.74. The molecule has 18 heavy (non-hydrogen) atoms. The van der Waals surface area contributed by atoms with E-state index in [0.29, 0.717) is 0 Å². The van der Waals surface area contributed by atoms with Crippen molar-refractivity contribution < 1.29 is 0 Å². The van der Waals surface area contributed by atoms with Crippen LogP contribution in [0.4, 0.5) is 0 Å². The Morgan fingerprint density at radius 2 is 1.39 bits per heavy atom. The van der Waals surface area contributed by atoms with Crippen molar-refractivity contribution in [3.8, 4) is 0 Å². The van der Waals surface area contributed by atoms with Gasteiger partial charge >= 0.3 is 0 Å². The van der Waals surface area contributed by atoms with Gasteiger partial charge in [0.1, 0.15) is 0 Å². The third-order valence-electron chi connectivity index (χ3n) is 2.43. The molecular formula is C18H20. The van der Waals surface area contributed by atoms with E-state index in [0.717, 1.165) is 5.57 Å². The van der Waals surface area contributed by atoms with Gasteiger partial charge < -0.3 is 0 Å². The molecule has 0 amide bonds. The van der Waals surface area contributed by atoms with Crippen molar-refractivity contribution >= 4 is 11.6 Å². The average molecular weight is 236 g/mol. The van der Waals surface area contributed by atoms with E-state index in [1.54, 1.807) is 0 Å². The van der Waals surface area contributed by atoms with E-state index < -0.39 is 0 Å². The number of rotatable bonds is 2. The third kappa shape index (κ3) is 5.31. The molecule has 0 aromatic heterocycles. The van der Waals surface area contributed by atoms with Gasteiger partial charge in [0.05, 0.1) is 0 Å². The standard InChI is InChI=1S/2C9H10/c1-8(2)9-6-4-3-5-7-9;1-2-6-9-7-4-3-5-8-9/h3-7H,1H2,2H3;2-8H,1H3/b;6-2+. The second-order valence-corrected chi connectivity index (χ2v) is 4.06. The van der Waals surface area contributed by atoms with E-state index in [4.69, 9.17) is 0 Å². The highest BCUT2D eigenvalue weighted by Gasteiger charge is 1.86. The van der Waals surface area contributed by atoms with Crippen molar-refractivity contribution in [1.82, 2.24) is 0 Å². The largest absolute Gasteiger partial charge is 0.0955 e. The minimum absolute atomic E-state index is 1.12. The van der Waals surface area contributed by atoms with Gasteiger partial charge in [-0.15, -0.1) is 0 Å². The molecule has 2 aromatic rings. The Balaban J connectivity index is 0.000000180. The van der Waals surface area contributed by atoms with Crippen molar-refractivity contribution in [2.45, 2.75) is 13.8 Å². The van der Waals surface area contributed by atoms with Crippen LogP contribution in [0.2, 0.25) is 0 Å². The summed E-state index contributed by atoms with van der Waals surface area (Å²) < 4.78 is 0. The predicted molar refractivity (Wildman–Crippen MR) is 82.3 cm³/mol. The summed E-state index contributed by atoms with van der Waals surface area (Å²) in [6.45, 7) is 7.86. The molecule has 0 aliphatic carbocycles. The molecule has 0 aliphatic rings. The molecule has 0 fully saturated rings. The molecule has 0 nitrogen and oxygen atoms in total. The SMILES string of the molecule is C/C=C/c1ccccc1.C=C(C)c1ccccc1. The lowest BCUT2D eigenvalue weighted by Crippen LogP contribution is -1.72. The van der Waals surface area contributed by atoms with Gasteiger partial charge in [0.15, 0.2) is 0 Å². The molecule has 92 valence electrons. The highest BCUT2D eigenvalue weighted by Crippen LogP contribution is 2.08. The zero-order valence-corrected chi connectivity index (χ0v) is 11.1. The number of benzene rings is 2. The van der Waals surface area contributed by atoms with Crippen molar-refractivity contribution in [2.75, 3.05) is 0 Å². The maximum Gasteiger partial charge on any atom is -0.0233 e. The summed E-state index contributed by atoms with van der Waals surface area (Å²) in [7, 11) is 0. The highest BCUT2D eigenvalue weighted by molar-refractivity contribution is 5.60. The topological polar surface area (TPSA) is 0 Å². The zero-order valence-electron chi connectivity index (χ0n) is 11.1. The molecule has 0 radical (unpaired) electrons. The molecule has 2 rings (SSSR count). The van der Waals surface area contributed by atoms with Gasteiger partial charge in [0, 0.05) is 0 Å². The molecule has 0 heterocycles. The summed E-state index contributed by atoms with van der Waals surface area (Å²) in [6.07, 6.45) is 4.12. The summed E-state index contributed by atoms with van der Waals surface area (Å²) in [4.78, 5) is 0. The Kier molecular flexibility index (Phi) is 6.27. The second kappa shape index (κ2) is 8.08. The van der Waals surface area contributed by atoms with Gasteiger partial charge in [-0.05, 0) is 25.0 Å². The molecule has 0 spiro atoms. The van der Waals surface area contributed by atoms with Crippen LogP contribution in [0.1, 0.15) is 25.0 Å². The number of hydrogen-bond donors (Lipinski definition) is 0. The molecule has 0 N–H and O–H groups in total. The molecule has 0 heteroatoms. The van der Waals surface area contributed by atoms with Crippen LogP contribution in [0.15, 0.2) is 73.3 Å². The van der Waals surface area contributed by atoms with Gasteiger partial charge in [0.25, 0.3) is 0 Å². The van der Waals surface area contributed by atoms with E-state index >= 15 is 0 Å². The van der Waals surface area contributed by atoms with Crippen molar-refractivity contribution in [1.29, 1.82) is 0 Å². The van der Waals surface area contributed by atoms with Gasteiger partial charge in [-0.3, -0.25) is 0 Å². The summed E-state index contributed by atoms with van der Waals surface area (Å²) in [5.41, 5.74) is 3.60. The van der Waals surface area contributed by atoms with Crippen LogP contribution < -0.4 is 0 Å². The normalized spacial score (nSPS) is 9.67. The molecule has 0 atom stereocenters. The van der Waals surface area contributed by atoms with Crippen LogP contribution in [-0.4, -0.2) is 0 Å². The number of allylic oxidation sites excluding steroid dienone is 2. The molecule has 0 aliphatic heterocycles. The van der Waals surface area contributed by atoms with Crippen LogP contribution in [-0.2, 0) is 0 Å². The first kappa shape index (κ1) is 14.0. The molecule has 0 saturated carbocycles. The van der Waals surface area contributed by atoms with Crippen molar-refractivity contribution in [2.24, 2.45) is 0 Å². The minimum Gasteiger partial charge on any atom is -0.0955 e. The van der Waals surface area contributed by atoms with Gasteiger partial charge in [-0.25, -0.2) is 0 Å². The summed E-state index contributed by atoms with van der Waals surface area (Å²) >= 11 is 0. The van der Waals surface area contributed by atoms with Crippen LogP contribution in [0.3, 0.4) is 0 Å². The Morgan fingerprint density at radius 1 is 0.889 bits per heavy atom. The molecular weight excluding hydrogens is 216 g/mol. The third-order valence-corrected chi connectivity index (χ3v) is 2.43. The Labute approximate surface area is 110 Å². The van der Waals surface area contributed by atoms with Crippen LogP contribution in [0.5, 0.6) is 0 Å². The quantitative estimate of drug-likeness (QED) is 0.651. The summed E-state index contributed by atoms with van der Waals surface area (Å²) in [6, 6.07) is 20.4. The van der Waals surface area contributed by atoms with Gasteiger partial charge in [-0.1, -0.05) is 85.0 Å². The molecule has 0 saturated heterocycles. The van der Waals surface area contributed by atoms with E-state index in [1.807, 2.05) is 56.3 Å². The number of hydrogen-bond acceptors (Lipinski definition) is 0. The lowest BCUT2D eigenvalue weighted by molar-refractivity contribution is 1.58. The lowest BCUT2D eigenvalue weighted by Gasteiger charge is -1.94. The van der Waals surface area contributed by atoms with Gasteiger partial charge in [-0.2, -0.15) is 0 Å². The fourth-order valence-electron chi connectivity index (χ4n) is 1.48. The summed E-state index contributed by atoms with van der Waals surface area (Å²) in [5, 5.41) is 0. The molecule has 0 unspecified atom stereocenters. The van der Waals surface area contributed by atoms with Crippen molar-refractivity contribution in [3.63, 3.8) is 0 Å². The Bertz CT molecular complexity index is 478. The van der Waals surface area contributed by atoms with E-state index in [9.17, 15) is 0 Å². The minimum atomic E-state index is 1.12. The molecule has 2 aromatic carbocycles. The van der Waals surface area contributed by atoms with E-state index in [-0.39, 0.29) is 0 Å². The highest BCUT2D eigenvalue weighted by atomic mass is 13.9. The Hall–Kier alpha value is -2.08. The molecule has 0 bridgehead atoms. The predicted octanol–water partition coefficient (Wildman–Crippen LogP) is 5.44. The second-order valence-electron chi connectivity index (χ2n) is 4.06. The Morgan fingerprint density at radius 3 is 1.78 bits per heavy atom. The van der Waals surface area contributed by atoms with Crippen molar-refractivity contribution in [3.05, 3.63) is 84.4 Å². The van der Waals surface area contributed by atoms with Gasteiger partial charge in [0.2, 0.25) is 0 Å². The smallest absolute Gasteiger partial charge is 0.0233 e. The fourth-order valence-corrected chi connectivity index (χ4v) is 1.48. The fraction of sp³-hybridized carbons (Fsp3) is 0.111. The summed E-state index contributed by atoms with van der Waals surface area (Å²) in [5.74, 6) is 0. The van der Waals surface area contributed by atoms with E-state index in [2.05, 4.69) is 36.9 Å². The monoisotopic (exact) mass is 236 g/mol. The average Bonchev–Trinajstić information content (AvgIpc) is 2.42. The maximum atomic E-state index is 3.83. The lowest BCUT2D eigenvalue weighted by atomic mass is 10.1. The zero-order chi connectivity index (χ0) is 13.2. The maximum absolute atomic E-state index is 3.83. The first-order valence-corrected chi connectivity index (χ1v) is 6.12. The van der Waals surface area contributed by atoms with Crippen LogP contribution >= 0.6 is 0 Å². The van der Waals surface area contributed by atoms with E-state index in [1.165, 1.54) is 11.1 Å². The van der Waals surface area contributed by atoms with Crippen LogP contribution in [0, 0.1) is 0 Å². The van der Waals surface area contributed by atoms with Crippen LogP contribution in [0.25, 0.3) is 11.6 Å².